The van der Waals surface area contributed by atoms with Gasteiger partial charge in [0.15, 0.2) is 0 Å². The zero-order valence-corrected chi connectivity index (χ0v) is 19.5. The number of fused-ring (bicyclic) bond motifs is 8. The van der Waals surface area contributed by atoms with E-state index in [9.17, 15) is 4.57 Å². The lowest BCUT2D eigenvalue weighted by atomic mass is 9.96. The molecule has 0 saturated carbocycles. The van der Waals surface area contributed by atoms with Crippen LogP contribution in [0.15, 0.2) is 97.1 Å². The molecule has 0 spiro atoms. The molecule has 7 rings (SSSR count). The van der Waals surface area contributed by atoms with Gasteiger partial charge in [0.05, 0.1) is 5.69 Å². The van der Waals surface area contributed by atoms with Crippen LogP contribution < -0.4 is 13.7 Å². The first-order valence-corrected chi connectivity index (χ1v) is 13.0. The van der Waals surface area contributed by atoms with E-state index < -0.39 is 7.75 Å². The van der Waals surface area contributed by atoms with E-state index in [1.165, 1.54) is 0 Å². The van der Waals surface area contributed by atoms with Gasteiger partial charge in [0, 0.05) is 27.9 Å². The maximum absolute atomic E-state index is 14.9. The average molecular weight is 463 g/mol. The van der Waals surface area contributed by atoms with Gasteiger partial charge in [-0.25, -0.2) is 4.57 Å². The monoisotopic (exact) mass is 463 g/mol. The van der Waals surface area contributed by atoms with E-state index >= 15 is 0 Å². The van der Waals surface area contributed by atoms with E-state index in [2.05, 4.69) is 25.1 Å². The lowest BCUT2D eigenvalue weighted by Gasteiger charge is -2.31. The van der Waals surface area contributed by atoms with Gasteiger partial charge in [0.2, 0.25) is 0 Å². The van der Waals surface area contributed by atoms with Gasteiger partial charge in [0.25, 0.3) is 0 Å². The van der Waals surface area contributed by atoms with E-state index in [1.807, 2.05) is 83.5 Å². The Kier molecular flexibility index (Phi) is 4.13. The molecule has 0 unspecified atom stereocenters. The van der Waals surface area contributed by atoms with Gasteiger partial charge in [-0.3, -0.25) is 4.67 Å². The standard InChI is InChI=1S/C29H22NO3P/c1-19-18-22-10-4-7-13-27(22)30(19)34(31)32-28-23-11-5-2-8-20(23)14-16-25(28)26-17-15-21-9-3-6-12-24(21)29(26)33-34/h2-17,19H,18H2,1H3/t19-/m0/s1. The predicted molar refractivity (Wildman–Crippen MR) is 138 cm³/mol. The number of hydrogen-bond donors (Lipinski definition) is 0. The lowest BCUT2D eigenvalue weighted by molar-refractivity contribution is 0.386. The maximum Gasteiger partial charge on any atom is 0.544 e. The molecule has 0 fully saturated rings. The van der Waals surface area contributed by atoms with Crippen LogP contribution in [0, 0.1) is 0 Å². The van der Waals surface area contributed by atoms with Gasteiger partial charge < -0.3 is 9.05 Å². The fourth-order valence-electron chi connectivity index (χ4n) is 5.37. The van der Waals surface area contributed by atoms with Gasteiger partial charge in [0.1, 0.15) is 11.5 Å². The minimum atomic E-state index is -3.83. The largest absolute Gasteiger partial charge is 0.544 e. The molecule has 2 aliphatic rings. The molecule has 0 bridgehead atoms. The summed E-state index contributed by atoms with van der Waals surface area (Å²) in [7, 11) is -3.83. The topological polar surface area (TPSA) is 38.8 Å². The van der Waals surface area contributed by atoms with Gasteiger partial charge >= 0.3 is 7.75 Å². The molecule has 0 saturated heterocycles. The Balaban J connectivity index is 1.56. The van der Waals surface area contributed by atoms with E-state index in [1.54, 1.807) is 0 Å². The van der Waals surface area contributed by atoms with Gasteiger partial charge in [-0.2, -0.15) is 0 Å². The molecule has 1 atom stereocenters. The van der Waals surface area contributed by atoms with Crippen LogP contribution in [0.2, 0.25) is 0 Å². The van der Waals surface area contributed by atoms with Crippen molar-refractivity contribution in [2.24, 2.45) is 0 Å². The van der Waals surface area contributed by atoms with Crippen molar-refractivity contribution in [2.75, 3.05) is 4.67 Å². The molecule has 34 heavy (non-hydrogen) atoms. The van der Waals surface area contributed by atoms with E-state index in [0.717, 1.165) is 50.3 Å². The third-order valence-corrected chi connectivity index (χ3v) is 8.86. The molecule has 0 amide bonds. The van der Waals surface area contributed by atoms with Crippen LogP contribution in [0.1, 0.15) is 12.5 Å². The first-order chi connectivity index (χ1) is 16.6. The van der Waals surface area contributed by atoms with Gasteiger partial charge in [-0.15, -0.1) is 0 Å². The van der Waals surface area contributed by atoms with Crippen LogP contribution in [-0.2, 0) is 11.0 Å². The molecule has 5 aromatic rings. The number of nitrogens with zero attached hydrogens (tertiary/aromatic N) is 1. The van der Waals surface area contributed by atoms with Crippen molar-refractivity contribution in [1.29, 1.82) is 0 Å². The van der Waals surface area contributed by atoms with Crippen molar-refractivity contribution >= 4 is 35.0 Å². The zero-order chi connectivity index (χ0) is 22.9. The molecule has 5 aromatic carbocycles. The molecular weight excluding hydrogens is 441 g/mol. The second kappa shape index (κ2) is 7.12. The first kappa shape index (κ1) is 19.7. The summed E-state index contributed by atoms with van der Waals surface area (Å²) < 4.78 is 29.9. The van der Waals surface area contributed by atoms with Crippen molar-refractivity contribution in [1.82, 2.24) is 0 Å². The Bertz CT molecular complexity index is 1570. The molecule has 0 N–H and O–H groups in total. The Labute approximate surface area is 197 Å². The fourth-order valence-corrected chi connectivity index (χ4v) is 7.46. The average Bonchev–Trinajstić information content (AvgIpc) is 3.14. The molecule has 166 valence electrons. The number of rotatable bonds is 1. The number of para-hydroxylation sites is 1. The summed E-state index contributed by atoms with van der Waals surface area (Å²) in [6.45, 7) is 2.07. The predicted octanol–water partition coefficient (Wildman–Crippen LogP) is 7.99. The summed E-state index contributed by atoms with van der Waals surface area (Å²) in [6.07, 6.45) is 0.789. The van der Waals surface area contributed by atoms with Crippen LogP contribution >= 0.6 is 7.75 Å². The molecule has 5 heteroatoms. The SMILES string of the molecule is C[C@H]1Cc2ccccc2N1P1(=O)Oc2c(ccc3ccccc23)-c2ccc3ccccc3c2O1. The van der Waals surface area contributed by atoms with Gasteiger partial charge in [-0.05, 0) is 47.9 Å². The Hall–Kier alpha value is -3.75. The summed E-state index contributed by atoms with van der Waals surface area (Å²) in [5.41, 5.74) is 3.83. The minimum absolute atomic E-state index is 0.0295. The fraction of sp³-hybridized carbons (Fsp3) is 0.103. The van der Waals surface area contributed by atoms with Crippen molar-refractivity contribution in [3.63, 3.8) is 0 Å². The smallest absolute Gasteiger partial charge is 0.399 e. The highest BCUT2D eigenvalue weighted by Gasteiger charge is 2.47. The molecule has 0 aliphatic carbocycles. The maximum atomic E-state index is 14.9. The molecule has 0 aromatic heterocycles. The molecule has 4 nitrogen and oxygen atoms in total. The van der Waals surface area contributed by atoms with Crippen molar-refractivity contribution in [3.8, 4) is 22.6 Å². The second-order valence-corrected chi connectivity index (χ2v) is 10.7. The zero-order valence-electron chi connectivity index (χ0n) is 18.6. The number of anilines is 1. The summed E-state index contributed by atoms with van der Waals surface area (Å²) >= 11 is 0. The normalized spacial score (nSPS) is 17.9. The van der Waals surface area contributed by atoms with Crippen molar-refractivity contribution < 1.29 is 13.6 Å². The minimum Gasteiger partial charge on any atom is -0.399 e. The first-order valence-electron chi connectivity index (χ1n) is 11.5. The molecule has 2 aliphatic heterocycles. The number of hydrogen-bond acceptors (Lipinski definition) is 3. The third-order valence-electron chi connectivity index (χ3n) is 6.90. The van der Waals surface area contributed by atoms with E-state index in [-0.39, 0.29) is 6.04 Å². The summed E-state index contributed by atoms with van der Waals surface area (Å²) in [4.78, 5) is 0. The summed E-state index contributed by atoms with van der Waals surface area (Å²) in [5.74, 6) is 1.21. The van der Waals surface area contributed by atoms with E-state index in [4.69, 9.17) is 9.05 Å². The van der Waals surface area contributed by atoms with Crippen LogP contribution in [0.3, 0.4) is 0 Å². The van der Waals surface area contributed by atoms with Crippen molar-refractivity contribution in [3.05, 3.63) is 103 Å². The summed E-state index contributed by atoms with van der Waals surface area (Å²) in [5, 5.41) is 3.91. The quantitative estimate of drug-likeness (QED) is 0.236. The summed E-state index contributed by atoms with van der Waals surface area (Å²) in [6, 6.07) is 32.4. The number of benzene rings is 5. The lowest BCUT2D eigenvalue weighted by Crippen LogP contribution is -2.30. The highest BCUT2D eigenvalue weighted by molar-refractivity contribution is 7.56. The Morgan fingerprint density at radius 3 is 1.85 bits per heavy atom. The van der Waals surface area contributed by atoms with Crippen LogP contribution in [-0.4, -0.2) is 6.04 Å². The third kappa shape index (κ3) is 2.76. The van der Waals surface area contributed by atoms with E-state index in [0.29, 0.717) is 11.5 Å². The highest BCUT2D eigenvalue weighted by atomic mass is 31.2. The molecule has 0 radical (unpaired) electrons. The molecular formula is C29H22NO3P. The Morgan fingerprint density at radius 2 is 1.24 bits per heavy atom. The molecule has 2 heterocycles. The van der Waals surface area contributed by atoms with Gasteiger partial charge in [-0.1, -0.05) is 78.9 Å². The van der Waals surface area contributed by atoms with Crippen molar-refractivity contribution in [2.45, 2.75) is 19.4 Å². The second-order valence-electron chi connectivity index (χ2n) is 9.00. The van der Waals surface area contributed by atoms with Crippen LogP contribution in [0.5, 0.6) is 11.5 Å². The highest BCUT2D eigenvalue weighted by Crippen LogP contribution is 2.63. The van der Waals surface area contributed by atoms with Crippen LogP contribution in [0.25, 0.3) is 32.7 Å². The Morgan fingerprint density at radius 1 is 0.706 bits per heavy atom. The van der Waals surface area contributed by atoms with Crippen LogP contribution in [0.4, 0.5) is 5.69 Å².